The second kappa shape index (κ2) is 10.6. The number of rotatable bonds is 5. The van der Waals surface area contributed by atoms with Crippen molar-refractivity contribution in [3.63, 3.8) is 0 Å². The van der Waals surface area contributed by atoms with Gasteiger partial charge in [-0.3, -0.25) is 9.80 Å². The highest BCUT2D eigenvalue weighted by molar-refractivity contribution is 5.61. The van der Waals surface area contributed by atoms with E-state index in [0.717, 1.165) is 29.1 Å². The van der Waals surface area contributed by atoms with Crippen LogP contribution in [0, 0.1) is 11.8 Å². The fraction of sp³-hybridized carbons (Fsp3) is 0.667. The quantitative estimate of drug-likeness (QED) is 0.615. The number of fused-ring (bicyclic) bond motifs is 1. The first-order valence-corrected chi connectivity index (χ1v) is 14.4. The number of nitrogens with one attached hydrogen (secondary N) is 1. The van der Waals surface area contributed by atoms with Gasteiger partial charge in [-0.1, -0.05) is 63.5 Å². The van der Waals surface area contributed by atoms with Gasteiger partial charge < -0.3 is 4.98 Å². The Morgan fingerprint density at radius 1 is 0.857 bits per heavy atom. The third kappa shape index (κ3) is 5.13. The summed E-state index contributed by atoms with van der Waals surface area (Å²) in [4.78, 5) is 24.2. The van der Waals surface area contributed by atoms with E-state index in [2.05, 4.69) is 38.0 Å². The van der Waals surface area contributed by atoms with E-state index >= 15 is 0 Å². The van der Waals surface area contributed by atoms with Crippen LogP contribution in [0.15, 0.2) is 35.3 Å². The van der Waals surface area contributed by atoms with E-state index in [1.807, 2.05) is 6.07 Å². The summed E-state index contributed by atoms with van der Waals surface area (Å²) in [5.74, 6) is 1.63. The molecule has 0 bridgehead atoms. The SMILES string of the molecule is O=c1nccc(-c2ccc3c(c2)CC(CC2CCCCC2)C3N2CCN(C3CCCCC3)CC2)[nH]1. The molecule has 2 saturated carbocycles. The molecule has 1 aromatic heterocycles. The van der Waals surface area contributed by atoms with Gasteiger partial charge >= 0.3 is 5.69 Å². The molecule has 0 radical (unpaired) electrons. The summed E-state index contributed by atoms with van der Waals surface area (Å²) in [7, 11) is 0. The minimum Gasteiger partial charge on any atom is -0.305 e. The van der Waals surface area contributed by atoms with Gasteiger partial charge in [0.1, 0.15) is 0 Å². The Hall–Kier alpha value is -1.98. The van der Waals surface area contributed by atoms with Crippen LogP contribution in [-0.2, 0) is 6.42 Å². The van der Waals surface area contributed by atoms with E-state index in [-0.39, 0.29) is 5.69 Å². The fourth-order valence-corrected chi connectivity index (χ4v) is 7.81. The average Bonchev–Trinajstić information content (AvgIpc) is 3.27. The van der Waals surface area contributed by atoms with E-state index in [0.29, 0.717) is 6.04 Å². The lowest BCUT2D eigenvalue weighted by Gasteiger charge is -2.44. The van der Waals surface area contributed by atoms with Crippen molar-refractivity contribution in [1.82, 2.24) is 19.8 Å². The number of hydrogen-bond donors (Lipinski definition) is 1. The van der Waals surface area contributed by atoms with Gasteiger partial charge in [-0.05, 0) is 66.3 Å². The minimum atomic E-state index is -0.271. The third-order valence-corrected chi connectivity index (χ3v) is 9.57. The van der Waals surface area contributed by atoms with E-state index < -0.39 is 0 Å². The van der Waals surface area contributed by atoms with Gasteiger partial charge in [0.2, 0.25) is 0 Å². The van der Waals surface area contributed by atoms with Crippen molar-refractivity contribution in [2.75, 3.05) is 26.2 Å². The summed E-state index contributed by atoms with van der Waals surface area (Å²) in [6.07, 6.45) is 18.4. The van der Waals surface area contributed by atoms with Crippen molar-refractivity contribution in [3.05, 3.63) is 52.1 Å². The highest BCUT2D eigenvalue weighted by Crippen LogP contribution is 2.46. The van der Waals surface area contributed by atoms with Crippen LogP contribution in [0.1, 0.15) is 87.8 Å². The highest BCUT2D eigenvalue weighted by atomic mass is 16.1. The zero-order valence-electron chi connectivity index (χ0n) is 21.3. The predicted molar refractivity (Wildman–Crippen MR) is 141 cm³/mol. The smallest absolute Gasteiger partial charge is 0.305 e. The van der Waals surface area contributed by atoms with Gasteiger partial charge in [-0.15, -0.1) is 0 Å². The second-order valence-electron chi connectivity index (χ2n) is 11.7. The lowest BCUT2D eigenvalue weighted by molar-refractivity contribution is 0.0380. The zero-order valence-corrected chi connectivity index (χ0v) is 21.3. The first kappa shape index (κ1) is 23.4. The van der Waals surface area contributed by atoms with Crippen LogP contribution >= 0.6 is 0 Å². The maximum absolute atomic E-state index is 11.8. The fourth-order valence-electron chi connectivity index (χ4n) is 7.81. The van der Waals surface area contributed by atoms with Crippen molar-refractivity contribution in [1.29, 1.82) is 0 Å². The Morgan fingerprint density at radius 3 is 2.31 bits per heavy atom. The van der Waals surface area contributed by atoms with E-state index in [4.69, 9.17) is 0 Å². The van der Waals surface area contributed by atoms with Crippen LogP contribution in [0.25, 0.3) is 11.3 Å². The molecule has 6 rings (SSSR count). The van der Waals surface area contributed by atoms with Gasteiger partial charge in [-0.25, -0.2) is 9.78 Å². The molecule has 2 heterocycles. The molecular weight excluding hydrogens is 432 g/mol. The van der Waals surface area contributed by atoms with Crippen LogP contribution in [0.4, 0.5) is 0 Å². The molecule has 1 saturated heterocycles. The molecule has 188 valence electrons. The van der Waals surface area contributed by atoms with Crippen molar-refractivity contribution >= 4 is 0 Å². The third-order valence-electron chi connectivity index (χ3n) is 9.57. The second-order valence-corrected chi connectivity index (χ2v) is 11.7. The van der Waals surface area contributed by atoms with Crippen LogP contribution < -0.4 is 5.69 Å². The van der Waals surface area contributed by atoms with Crippen molar-refractivity contribution in [3.8, 4) is 11.3 Å². The van der Waals surface area contributed by atoms with Crippen molar-refractivity contribution < 1.29 is 0 Å². The summed E-state index contributed by atoms with van der Waals surface area (Å²) in [6, 6.07) is 10.3. The van der Waals surface area contributed by atoms with E-state index in [1.54, 1.807) is 11.8 Å². The van der Waals surface area contributed by atoms with Crippen LogP contribution in [-0.4, -0.2) is 52.0 Å². The first-order valence-electron chi connectivity index (χ1n) is 14.4. The number of benzene rings is 1. The molecule has 5 nitrogen and oxygen atoms in total. The van der Waals surface area contributed by atoms with E-state index in [9.17, 15) is 4.79 Å². The molecular formula is C30H42N4O. The molecule has 2 atom stereocenters. The largest absolute Gasteiger partial charge is 0.345 e. The molecule has 2 aromatic rings. The summed E-state index contributed by atoms with van der Waals surface area (Å²) in [5.41, 5.74) is 4.77. The number of piperazine rings is 1. The summed E-state index contributed by atoms with van der Waals surface area (Å²) < 4.78 is 0. The van der Waals surface area contributed by atoms with Gasteiger partial charge in [0.15, 0.2) is 0 Å². The maximum atomic E-state index is 11.8. The Labute approximate surface area is 210 Å². The topological polar surface area (TPSA) is 52.2 Å². The number of aromatic amines is 1. The van der Waals surface area contributed by atoms with Gasteiger partial charge in [-0.2, -0.15) is 0 Å². The number of aromatic nitrogens is 2. The Morgan fingerprint density at radius 2 is 1.57 bits per heavy atom. The van der Waals surface area contributed by atoms with Gasteiger partial charge in [0.05, 0.1) is 5.69 Å². The standard InChI is InChI=1S/C30H42N4O/c35-30-31-14-13-28(32-30)23-11-12-27-24(20-23)21-25(19-22-7-3-1-4-8-22)29(27)34-17-15-33(16-18-34)26-9-5-2-6-10-26/h11-14,20,22,25-26,29H,1-10,15-19,21H2,(H,31,32,35). The van der Waals surface area contributed by atoms with Gasteiger partial charge in [0, 0.05) is 44.5 Å². The molecule has 3 aliphatic carbocycles. The maximum Gasteiger partial charge on any atom is 0.345 e. The summed E-state index contributed by atoms with van der Waals surface area (Å²) >= 11 is 0. The van der Waals surface area contributed by atoms with Crippen molar-refractivity contribution in [2.24, 2.45) is 11.8 Å². The highest BCUT2D eigenvalue weighted by Gasteiger charge is 2.39. The lowest BCUT2D eigenvalue weighted by Crippen LogP contribution is -2.52. The van der Waals surface area contributed by atoms with Crippen LogP contribution in [0.2, 0.25) is 0 Å². The molecule has 5 heteroatoms. The molecule has 0 amide bonds. The number of hydrogen-bond acceptors (Lipinski definition) is 4. The lowest BCUT2D eigenvalue weighted by atomic mass is 9.80. The molecule has 1 aromatic carbocycles. The zero-order chi connectivity index (χ0) is 23.6. The number of H-pyrrole nitrogens is 1. The summed E-state index contributed by atoms with van der Waals surface area (Å²) in [5, 5.41) is 0. The van der Waals surface area contributed by atoms with E-state index in [1.165, 1.54) is 109 Å². The Bertz CT molecular complexity index is 1040. The molecule has 2 unspecified atom stereocenters. The molecule has 1 N–H and O–H groups in total. The molecule has 4 aliphatic rings. The Balaban J connectivity index is 1.23. The molecule has 35 heavy (non-hydrogen) atoms. The van der Waals surface area contributed by atoms with Crippen LogP contribution in [0.5, 0.6) is 0 Å². The van der Waals surface area contributed by atoms with Crippen LogP contribution in [0.3, 0.4) is 0 Å². The first-order chi connectivity index (χ1) is 17.2. The predicted octanol–water partition coefficient (Wildman–Crippen LogP) is 5.57. The monoisotopic (exact) mass is 474 g/mol. The minimum absolute atomic E-state index is 0.271. The normalized spacial score (nSPS) is 27.2. The number of nitrogens with zero attached hydrogens (tertiary/aromatic N) is 3. The van der Waals surface area contributed by atoms with Crippen molar-refractivity contribution in [2.45, 2.75) is 89.1 Å². The summed E-state index contributed by atoms with van der Waals surface area (Å²) in [6.45, 7) is 4.90. The molecule has 1 aliphatic heterocycles. The molecule has 0 spiro atoms. The molecule has 3 fully saturated rings. The van der Waals surface area contributed by atoms with Gasteiger partial charge in [0.25, 0.3) is 0 Å². The Kier molecular flexibility index (Phi) is 7.07. The average molecular weight is 475 g/mol.